The summed E-state index contributed by atoms with van der Waals surface area (Å²) < 4.78 is 11.0. The van der Waals surface area contributed by atoms with E-state index >= 15 is 0 Å². The van der Waals surface area contributed by atoms with Crippen LogP contribution in [0.25, 0.3) is 0 Å². The second-order valence-electron chi connectivity index (χ2n) is 5.51. The number of methoxy groups -OCH3 is 1. The summed E-state index contributed by atoms with van der Waals surface area (Å²) in [5, 5.41) is 0.681. The van der Waals surface area contributed by atoms with Gasteiger partial charge in [0.2, 0.25) is 0 Å². The molecule has 0 bridgehead atoms. The largest absolute Gasteiger partial charge is 0.497 e. The maximum Gasteiger partial charge on any atom is 0.263 e. The van der Waals surface area contributed by atoms with Crippen molar-refractivity contribution in [3.63, 3.8) is 0 Å². The van der Waals surface area contributed by atoms with Crippen molar-refractivity contribution in [2.24, 2.45) is 0 Å². The molecule has 128 valence electrons. The van der Waals surface area contributed by atoms with Crippen molar-refractivity contribution in [3.8, 4) is 11.5 Å². The summed E-state index contributed by atoms with van der Waals surface area (Å²) >= 11 is 5.89. The number of carbonyl (C=O) groups is 1. The molecule has 2 aromatic rings. The molecule has 2 aromatic carbocycles. The summed E-state index contributed by atoms with van der Waals surface area (Å²) in [7, 11) is 3.37. The van der Waals surface area contributed by atoms with Gasteiger partial charge in [-0.2, -0.15) is 0 Å². The first-order valence-electron chi connectivity index (χ1n) is 7.83. The molecular weight excluding hydrogens is 326 g/mol. The van der Waals surface area contributed by atoms with Gasteiger partial charge in [0, 0.05) is 24.7 Å². The van der Waals surface area contributed by atoms with Crippen molar-refractivity contribution in [2.75, 3.05) is 14.2 Å². The van der Waals surface area contributed by atoms with Gasteiger partial charge in [-0.25, -0.2) is 0 Å². The van der Waals surface area contributed by atoms with Crippen molar-refractivity contribution < 1.29 is 14.3 Å². The highest BCUT2D eigenvalue weighted by Crippen LogP contribution is 2.21. The molecule has 4 nitrogen and oxygen atoms in total. The number of carbonyl (C=O) groups excluding carboxylic acids is 1. The predicted molar refractivity (Wildman–Crippen MR) is 95.6 cm³/mol. The van der Waals surface area contributed by atoms with E-state index in [1.54, 1.807) is 25.1 Å². The summed E-state index contributed by atoms with van der Waals surface area (Å²) in [6.07, 6.45) is 0.0514. The van der Waals surface area contributed by atoms with E-state index in [4.69, 9.17) is 21.1 Å². The highest BCUT2D eigenvalue weighted by molar-refractivity contribution is 6.30. The van der Waals surface area contributed by atoms with Gasteiger partial charge in [-0.1, -0.05) is 36.7 Å². The quantitative estimate of drug-likeness (QED) is 0.754. The molecule has 0 fully saturated rings. The number of halogens is 1. The molecular formula is C19H22ClNO3. The van der Waals surface area contributed by atoms with Crippen LogP contribution >= 0.6 is 11.6 Å². The van der Waals surface area contributed by atoms with E-state index in [-0.39, 0.29) is 5.91 Å². The molecule has 0 aliphatic rings. The number of ether oxygens (including phenoxy) is 2. The fourth-order valence-electron chi connectivity index (χ4n) is 2.33. The molecule has 0 aliphatic carbocycles. The normalized spacial score (nSPS) is 11.7. The minimum absolute atomic E-state index is 0.0599. The fourth-order valence-corrected chi connectivity index (χ4v) is 2.46. The minimum Gasteiger partial charge on any atom is -0.497 e. The lowest BCUT2D eigenvalue weighted by molar-refractivity contribution is -0.138. The van der Waals surface area contributed by atoms with Gasteiger partial charge in [-0.3, -0.25) is 4.79 Å². The first kappa shape index (κ1) is 18.1. The smallest absolute Gasteiger partial charge is 0.263 e. The van der Waals surface area contributed by atoms with Crippen molar-refractivity contribution in [3.05, 3.63) is 59.1 Å². The van der Waals surface area contributed by atoms with Crippen molar-refractivity contribution >= 4 is 17.5 Å². The lowest BCUT2D eigenvalue weighted by Gasteiger charge is -2.24. The molecule has 24 heavy (non-hydrogen) atoms. The van der Waals surface area contributed by atoms with Crippen LogP contribution in [0.15, 0.2) is 48.5 Å². The topological polar surface area (TPSA) is 38.8 Å². The zero-order chi connectivity index (χ0) is 17.5. The second kappa shape index (κ2) is 8.60. The molecule has 1 atom stereocenters. The van der Waals surface area contributed by atoms with Crippen molar-refractivity contribution in [2.45, 2.75) is 26.0 Å². The maximum absolute atomic E-state index is 12.6. The third-order valence-corrected chi connectivity index (χ3v) is 3.93. The average Bonchev–Trinajstić information content (AvgIpc) is 2.61. The van der Waals surface area contributed by atoms with E-state index in [2.05, 4.69) is 0 Å². The summed E-state index contributed by atoms with van der Waals surface area (Å²) in [5.41, 5.74) is 1.02. The summed E-state index contributed by atoms with van der Waals surface area (Å²) in [6.45, 7) is 2.44. The fraction of sp³-hybridized carbons (Fsp3) is 0.316. The van der Waals surface area contributed by atoms with Crippen LogP contribution < -0.4 is 9.47 Å². The Morgan fingerprint density at radius 3 is 2.46 bits per heavy atom. The molecule has 0 unspecified atom stereocenters. The number of likely N-dealkylation sites (N-methyl/N-ethyl adjacent to an activating group) is 1. The second-order valence-corrected chi connectivity index (χ2v) is 5.95. The lowest BCUT2D eigenvalue weighted by Crippen LogP contribution is -2.39. The van der Waals surface area contributed by atoms with Gasteiger partial charge in [0.25, 0.3) is 5.91 Å². The number of hydrogen-bond donors (Lipinski definition) is 0. The third kappa shape index (κ3) is 4.90. The maximum atomic E-state index is 12.6. The number of benzene rings is 2. The molecule has 0 saturated heterocycles. The standard InChI is InChI=1S/C19H22ClNO3/c1-4-18(24-17-7-5-6-16(12-17)23-3)19(22)21(2)13-14-8-10-15(20)11-9-14/h5-12,18H,4,13H2,1-3H3/t18-/m0/s1. The molecule has 0 saturated carbocycles. The number of nitrogens with zero attached hydrogens (tertiary/aromatic N) is 1. The molecule has 5 heteroatoms. The highest BCUT2D eigenvalue weighted by Gasteiger charge is 2.22. The third-order valence-electron chi connectivity index (χ3n) is 3.67. The molecule has 0 spiro atoms. The SMILES string of the molecule is CC[C@H](Oc1cccc(OC)c1)C(=O)N(C)Cc1ccc(Cl)cc1. The van der Waals surface area contributed by atoms with E-state index in [9.17, 15) is 4.79 Å². The first-order valence-corrected chi connectivity index (χ1v) is 8.21. The molecule has 2 rings (SSSR count). The summed E-state index contributed by atoms with van der Waals surface area (Å²) in [6, 6.07) is 14.7. The van der Waals surface area contributed by atoms with Gasteiger partial charge in [0.1, 0.15) is 11.5 Å². The molecule has 0 radical (unpaired) electrons. The zero-order valence-electron chi connectivity index (χ0n) is 14.2. The number of rotatable bonds is 7. The van der Waals surface area contributed by atoms with E-state index in [1.807, 2.05) is 49.4 Å². The van der Waals surface area contributed by atoms with Gasteiger partial charge >= 0.3 is 0 Å². The molecule has 0 heterocycles. The van der Waals surface area contributed by atoms with Gasteiger partial charge in [-0.05, 0) is 36.2 Å². The van der Waals surface area contributed by atoms with Gasteiger partial charge < -0.3 is 14.4 Å². The van der Waals surface area contributed by atoms with Gasteiger partial charge in [0.05, 0.1) is 7.11 Å². The van der Waals surface area contributed by atoms with Crippen LogP contribution in [-0.2, 0) is 11.3 Å². The first-order chi connectivity index (χ1) is 11.5. The van der Waals surface area contributed by atoms with Crippen LogP contribution in [0, 0.1) is 0 Å². The lowest BCUT2D eigenvalue weighted by atomic mass is 10.2. The predicted octanol–water partition coefficient (Wildman–Crippen LogP) is 4.16. The molecule has 0 aromatic heterocycles. The van der Waals surface area contributed by atoms with Crippen molar-refractivity contribution in [1.29, 1.82) is 0 Å². The summed E-state index contributed by atoms with van der Waals surface area (Å²) in [5.74, 6) is 1.26. The molecule has 1 amide bonds. The molecule has 0 aliphatic heterocycles. The Morgan fingerprint density at radius 1 is 1.17 bits per heavy atom. The van der Waals surface area contributed by atoms with Gasteiger partial charge in [-0.15, -0.1) is 0 Å². The van der Waals surface area contributed by atoms with E-state index in [1.165, 1.54) is 0 Å². The molecule has 0 N–H and O–H groups in total. The van der Waals surface area contributed by atoms with Crippen molar-refractivity contribution in [1.82, 2.24) is 4.90 Å². The Morgan fingerprint density at radius 2 is 1.83 bits per heavy atom. The monoisotopic (exact) mass is 347 g/mol. The van der Waals surface area contributed by atoms with E-state index in [0.29, 0.717) is 29.5 Å². The Kier molecular flexibility index (Phi) is 6.50. The van der Waals surface area contributed by atoms with Crippen LogP contribution in [0.4, 0.5) is 0 Å². The Hall–Kier alpha value is -2.20. The van der Waals surface area contributed by atoms with Crippen LogP contribution in [0.1, 0.15) is 18.9 Å². The van der Waals surface area contributed by atoms with Crippen LogP contribution in [0.5, 0.6) is 11.5 Å². The Bertz CT molecular complexity index is 673. The number of amides is 1. The van der Waals surface area contributed by atoms with Gasteiger partial charge in [0.15, 0.2) is 6.10 Å². The van der Waals surface area contributed by atoms with E-state index in [0.717, 1.165) is 5.56 Å². The highest BCUT2D eigenvalue weighted by atomic mass is 35.5. The van der Waals surface area contributed by atoms with Crippen LogP contribution in [0.3, 0.4) is 0 Å². The zero-order valence-corrected chi connectivity index (χ0v) is 14.9. The van der Waals surface area contributed by atoms with E-state index < -0.39 is 6.10 Å². The minimum atomic E-state index is -0.533. The van der Waals surface area contributed by atoms with Crippen LogP contribution in [-0.4, -0.2) is 31.1 Å². The number of hydrogen-bond acceptors (Lipinski definition) is 3. The average molecular weight is 348 g/mol. The summed E-state index contributed by atoms with van der Waals surface area (Å²) in [4.78, 5) is 14.3. The Labute approximate surface area is 147 Å². The van der Waals surface area contributed by atoms with Crippen LogP contribution in [0.2, 0.25) is 5.02 Å². The Balaban J connectivity index is 2.02.